The minimum absolute atomic E-state index is 0.710. The van der Waals surface area contributed by atoms with Gasteiger partial charge in [-0.25, -0.2) is 9.97 Å². The minimum Gasteiger partial charge on any atom is -0.228 e. The summed E-state index contributed by atoms with van der Waals surface area (Å²) in [4.78, 5) is 10.1. The van der Waals surface area contributed by atoms with Gasteiger partial charge in [0, 0.05) is 16.7 Å². The number of hydrogen-bond acceptors (Lipinski definition) is 2. The van der Waals surface area contributed by atoms with Crippen LogP contribution in [-0.2, 0) is 0 Å². The molecule has 0 aliphatic carbocycles. The summed E-state index contributed by atoms with van der Waals surface area (Å²) in [6.45, 7) is 2.18. The number of nitrogens with zero attached hydrogens (tertiary/aromatic N) is 2. The topological polar surface area (TPSA) is 25.8 Å². The third-order valence-corrected chi connectivity index (χ3v) is 7.86. The molecule has 0 unspecified atom stereocenters. The third kappa shape index (κ3) is 5.51. The minimum atomic E-state index is 0.710. The average molecular weight is 551 g/mol. The van der Waals surface area contributed by atoms with E-state index in [4.69, 9.17) is 9.97 Å². The van der Waals surface area contributed by atoms with Crippen molar-refractivity contribution in [2.75, 3.05) is 0 Å². The number of hydrogen-bond donors (Lipinski definition) is 0. The van der Waals surface area contributed by atoms with E-state index in [0.29, 0.717) is 5.82 Å². The summed E-state index contributed by atoms with van der Waals surface area (Å²) in [5.41, 5.74) is 13.4. The highest BCUT2D eigenvalue weighted by atomic mass is 14.9. The van der Waals surface area contributed by atoms with Crippen LogP contribution in [0.3, 0.4) is 0 Å². The SMILES string of the molecule is Cc1ccccc1-c1ccc(-c2cccc(-c3nc(-c4ccccc4)cc(-c4ccccc4)n3)c2)cc1-c1ccccc1. The molecule has 0 aliphatic rings. The van der Waals surface area contributed by atoms with Crippen LogP contribution in [0.15, 0.2) is 164 Å². The molecule has 0 atom stereocenters. The van der Waals surface area contributed by atoms with Crippen LogP contribution in [0, 0.1) is 6.92 Å². The summed E-state index contributed by atoms with van der Waals surface area (Å²) in [5.74, 6) is 0.710. The second kappa shape index (κ2) is 11.7. The maximum atomic E-state index is 5.05. The molecule has 0 fully saturated rings. The Labute approximate surface area is 253 Å². The molecule has 0 spiro atoms. The van der Waals surface area contributed by atoms with E-state index in [1.807, 2.05) is 36.4 Å². The van der Waals surface area contributed by atoms with Crippen molar-refractivity contribution in [3.63, 3.8) is 0 Å². The van der Waals surface area contributed by atoms with Crippen molar-refractivity contribution in [1.29, 1.82) is 0 Å². The van der Waals surface area contributed by atoms with Crippen LogP contribution < -0.4 is 0 Å². The Morgan fingerprint density at radius 3 is 1.47 bits per heavy atom. The molecule has 2 nitrogen and oxygen atoms in total. The summed E-state index contributed by atoms with van der Waals surface area (Å²) in [6, 6.07) is 57.3. The van der Waals surface area contributed by atoms with Crippen molar-refractivity contribution >= 4 is 0 Å². The summed E-state index contributed by atoms with van der Waals surface area (Å²) in [7, 11) is 0. The van der Waals surface area contributed by atoms with Gasteiger partial charge in [0.05, 0.1) is 11.4 Å². The van der Waals surface area contributed by atoms with Gasteiger partial charge in [0.1, 0.15) is 0 Å². The molecule has 204 valence electrons. The van der Waals surface area contributed by atoms with E-state index in [-0.39, 0.29) is 0 Å². The van der Waals surface area contributed by atoms with Crippen LogP contribution >= 0.6 is 0 Å². The molecule has 0 saturated carbocycles. The van der Waals surface area contributed by atoms with Crippen LogP contribution in [0.1, 0.15) is 5.56 Å². The highest BCUT2D eigenvalue weighted by Crippen LogP contribution is 2.38. The van der Waals surface area contributed by atoms with Crippen molar-refractivity contribution in [2.45, 2.75) is 6.92 Å². The quantitative estimate of drug-likeness (QED) is 0.206. The second-order valence-corrected chi connectivity index (χ2v) is 10.7. The van der Waals surface area contributed by atoms with Gasteiger partial charge in [0.15, 0.2) is 5.82 Å². The smallest absolute Gasteiger partial charge is 0.160 e. The fourth-order valence-electron chi connectivity index (χ4n) is 5.62. The van der Waals surface area contributed by atoms with Gasteiger partial charge in [-0.2, -0.15) is 0 Å². The van der Waals surface area contributed by atoms with E-state index in [0.717, 1.165) is 39.2 Å². The lowest BCUT2D eigenvalue weighted by atomic mass is 9.89. The molecule has 43 heavy (non-hydrogen) atoms. The zero-order valence-corrected chi connectivity index (χ0v) is 24.0. The first-order valence-corrected chi connectivity index (χ1v) is 14.6. The molecule has 7 rings (SSSR count). The van der Waals surface area contributed by atoms with Gasteiger partial charge >= 0.3 is 0 Å². The summed E-state index contributed by atoms with van der Waals surface area (Å²) in [5, 5.41) is 0. The molecule has 0 bridgehead atoms. The summed E-state index contributed by atoms with van der Waals surface area (Å²) >= 11 is 0. The number of rotatable bonds is 6. The molecule has 6 aromatic carbocycles. The van der Waals surface area contributed by atoms with Gasteiger partial charge in [-0.15, -0.1) is 0 Å². The van der Waals surface area contributed by atoms with Crippen LogP contribution in [0.25, 0.3) is 67.3 Å². The van der Waals surface area contributed by atoms with Crippen molar-refractivity contribution in [3.8, 4) is 67.3 Å². The molecule has 1 aromatic heterocycles. The van der Waals surface area contributed by atoms with Gasteiger partial charge in [-0.3, -0.25) is 0 Å². The van der Waals surface area contributed by atoms with Crippen LogP contribution in [0.2, 0.25) is 0 Å². The molecular formula is C41H30N2. The van der Waals surface area contributed by atoms with E-state index < -0.39 is 0 Å². The molecule has 0 aliphatic heterocycles. The first-order valence-electron chi connectivity index (χ1n) is 14.6. The third-order valence-electron chi connectivity index (χ3n) is 7.86. The van der Waals surface area contributed by atoms with E-state index in [1.54, 1.807) is 0 Å². The van der Waals surface area contributed by atoms with Crippen molar-refractivity contribution < 1.29 is 0 Å². The predicted octanol–water partition coefficient (Wildman–Crippen LogP) is 10.8. The lowest BCUT2D eigenvalue weighted by Crippen LogP contribution is -1.96. The monoisotopic (exact) mass is 550 g/mol. The molecule has 0 N–H and O–H groups in total. The van der Waals surface area contributed by atoms with Gasteiger partial charge in [0.2, 0.25) is 0 Å². The molecule has 7 aromatic rings. The molecule has 2 heteroatoms. The second-order valence-electron chi connectivity index (χ2n) is 10.7. The normalized spacial score (nSPS) is 10.9. The predicted molar refractivity (Wildman–Crippen MR) is 179 cm³/mol. The van der Waals surface area contributed by atoms with Crippen molar-refractivity contribution in [2.24, 2.45) is 0 Å². The highest BCUT2D eigenvalue weighted by molar-refractivity contribution is 5.88. The lowest BCUT2D eigenvalue weighted by Gasteiger charge is -2.15. The van der Waals surface area contributed by atoms with Crippen LogP contribution in [0.4, 0.5) is 0 Å². The Balaban J connectivity index is 1.35. The first-order chi connectivity index (χ1) is 21.2. The Morgan fingerprint density at radius 2 is 0.837 bits per heavy atom. The summed E-state index contributed by atoms with van der Waals surface area (Å²) < 4.78 is 0. The Morgan fingerprint density at radius 1 is 0.326 bits per heavy atom. The molecular weight excluding hydrogens is 520 g/mol. The fourth-order valence-corrected chi connectivity index (χ4v) is 5.62. The molecule has 0 saturated heterocycles. The summed E-state index contributed by atoms with van der Waals surface area (Å²) in [6.07, 6.45) is 0. The number of aromatic nitrogens is 2. The Hall–Kier alpha value is -5.60. The van der Waals surface area contributed by atoms with Gasteiger partial charge in [0.25, 0.3) is 0 Å². The zero-order chi connectivity index (χ0) is 29.0. The van der Waals surface area contributed by atoms with Gasteiger partial charge < -0.3 is 0 Å². The molecule has 0 amide bonds. The van der Waals surface area contributed by atoms with Crippen LogP contribution in [-0.4, -0.2) is 9.97 Å². The van der Waals surface area contributed by atoms with E-state index in [2.05, 4.69) is 134 Å². The van der Waals surface area contributed by atoms with Gasteiger partial charge in [-0.05, 0) is 64.1 Å². The van der Waals surface area contributed by atoms with E-state index in [1.165, 1.54) is 27.8 Å². The fraction of sp³-hybridized carbons (Fsp3) is 0.0244. The maximum Gasteiger partial charge on any atom is 0.160 e. The maximum absolute atomic E-state index is 5.05. The van der Waals surface area contributed by atoms with E-state index in [9.17, 15) is 0 Å². The van der Waals surface area contributed by atoms with E-state index >= 15 is 0 Å². The average Bonchev–Trinajstić information content (AvgIpc) is 3.09. The van der Waals surface area contributed by atoms with Gasteiger partial charge in [-0.1, -0.05) is 146 Å². The largest absolute Gasteiger partial charge is 0.228 e. The van der Waals surface area contributed by atoms with Crippen molar-refractivity contribution in [1.82, 2.24) is 9.97 Å². The van der Waals surface area contributed by atoms with Crippen molar-refractivity contribution in [3.05, 3.63) is 169 Å². The standard InChI is InChI=1S/C41H30N2/c1-29-14-11-12-23-36(29)37-25-24-34(27-38(37)30-15-5-2-6-16-30)33-21-13-22-35(26-33)41-42-39(31-17-7-3-8-18-31)28-40(43-41)32-19-9-4-10-20-32/h2-28H,1H3. The molecule has 0 radical (unpaired) electrons. The Bertz CT molecular complexity index is 1960. The first kappa shape index (κ1) is 26.3. The number of aryl methyl sites for hydroxylation is 1. The molecule has 1 heterocycles. The number of benzene rings is 6. The lowest BCUT2D eigenvalue weighted by molar-refractivity contribution is 1.18. The zero-order valence-electron chi connectivity index (χ0n) is 24.0. The Kier molecular flexibility index (Phi) is 7.17. The highest BCUT2D eigenvalue weighted by Gasteiger charge is 2.14. The van der Waals surface area contributed by atoms with Crippen LogP contribution in [0.5, 0.6) is 0 Å².